The van der Waals surface area contributed by atoms with Crippen LogP contribution < -0.4 is 63.1 Å². The van der Waals surface area contributed by atoms with Crippen LogP contribution in [0.25, 0.3) is 0 Å². The van der Waals surface area contributed by atoms with E-state index in [1.807, 2.05) is 37.3 Å². The number of rotatable bonds is 35. The van der Waals surface area contributed by atoms with Gasteiger partial charge in [0.2, 0.25) is 29.5 Å². The van der Waals surface area contributed by atoms with Crippen LogP contribution in [-0.2, 0) is 72.0 Å². The molecule has 39 nitrogen and oxygen atoms in total. The van der Waals surface area contributed by atoms with Crippen molar-refractivity contribution in [1.82, 2.24) is 81.2 Å². The fraction of sp³-hybridized carbons (Fsp3) is 0.714. The van der Waals surface area contributed by atoms with Crippen molar-refractivity contribution < 1.29 is 113 Å². The molecule has 0 spiro atoms. The molecule has 117 heavy (non-hydrogen) atoms. The van der Waals surface area contributed by atoms with E-state index in [1.165, 1.54) is 19.5 Å². The molecule has 3 aliphatic carbocycles. The Morgan fingerprint density at radius 1 is 0.530 bits per heavy atom. The van der Waals surface area contributed by atoms with Gasteiger partial charge in [-0.1, -0.05) is 125 Å². The smallest absolute Gasteiger partial charge is 0.870 e. The normalized spacial score (nSPS) is 20.4. The number of alkyl carbamates (subject to hydrolysis) is 1. The predicted molar refractivity (Wildman–Crippen MR) is 425 cm³/mol. The molecule has 40 heteroatoms. The zero-order chi connectivity index (χ0) is 84.1. The van der Waals surface area contributed by atoms with E-state index in [4.69, 9.17) is 37.5 Å². The molecule has 0 radical (unpaired) electrons. The van der Waals surface area contributed by atoms with Crippen molar-refractivity contribution in [3.63, 3.8) is 0 Å². The number of nitrogens with two attached hydrogens (primary N) is 4. The van der Waals surface area contributed by atoms with Gasteiger partial charge >= 0.3 is 36.9 Å². The van der Waals surface area contributed by atoms with Gasteiger partial charge in [0, 0.05) is 25.0 Å². The van der Waals surface area contributed by atoms with E-state index < -0.39 is 94.7 Å². The quantitative estimate of drug-likeness (QED) is 0.0148. The number of aliphatic carboxylic acids is 1. The topological polar surface area (TPSA) is 622 Å². The Kier molecular flexibility index (Phi) is 45.9. The standard InChI is InChI=1S/C19H33N5O4.C18H32N6O4.C15H23N3O4.C12H19N3O3.C11H17N3O3.2CH4.Li.H2O/c1-4-5-6-7-14(16(25)17(20)26)22-18(27)12-8-9-13(10-12)24-15(11-21-23-24)19(2,3)28;1-4-5-6-7-12(15(25)16(19)26)22-17(27)13-8-11(9-20-13)24-14(10-21-23-24)18(2,3)28;16-12(13(19)14(17)20)8-4-5-9-18-15(21)22-10-11-6-2-1-3-7-11;1-12(2,17)10-7-13-14-15(10)9-5-4-8(6-9)11(16)18-3;1-11(2,17)9-6-12-13-14(9)8-4-3-7(5-8)10(15)16;;;;/h11-14,16,25,28H,4-10H2,1-3H3,(H2,20,26)(H,22,27);10-13,15,20,25,28H,4-9H2,1-3H3,(H2,19,26)(H,22,27);1-3,6-7,12-13,19H,4-5,8-10,16H2,(H2,17,20)(H,18,21);7-9,17H,4-6H2,1-3H3;6-8,17H,3-5H2,1-2H3,(H,15,16);2*1H4;;1H2/q;;;;;;;+1;/p-1/t12-,13+,14?,16?;11-,12?,13-,15?;;8-,9+;7-,8+;;;;/m00.00..../s1. The number of benzene rings is 1. The number of unbranched alkanes of at least 4 members (excludes halogenated alkanes) is 5. The van der Waals surface area contributed by atoms with Crippen molar-refractivity contribution in [1.29, 1.82) is 0 Å². The Hall–Kier alpha value is -8.46. The summed E-state index contributed by atoms with van der Waals surface area (Å²) in [6.45, 7) is 18.7. The third kappa shape index (κ3) is 33.7. The van der Waals surface area contributed by atoms with Crippen molar-refractivity contribution in [3.8, 4) is 0 Å². The summed E-state index contributed by atoms with van der Waals surface area (Å²) in [6, 6.07) is 6.79. The second-order valence-corrected chi connectivity index (χ2v) is 31.6. The molecule has 4 aliphatic rings. The van der Waals surface area contributed by atoms with E-state index in [0.29, 0.717) is 106 Å². The number of aliphatic hydroxyl groups excluding tert-OH is 3. The van der Waals surface area contributed by atoms with Crippen LogP contribution in [0.1, 0.15) is 271 Å². The maximum absolute atomic E-state index is 12.7. The van der Waals surface area contributed by atoms with Gasteiger partial charge in [0.05, 0.1) is 109 Å². The van der Waals surface area contributed by atoms with Crippen molar-refractivity contribution in [2.45, 2.75) is 315 Å². The van der Waals surface area contributed by atoms with Crippen molar-refractivity contribution in [2.75, 3.05) is 20.2 Å². The third-order valence-corrected chi connectivity index (χ3v) is 20.5. The molecule has 6 amide bonds. The van der Waals surface area contributed by atoms with Crippen molar-refractivity contribution in [3.05, 3.63) is 83.5 Å². The number of primary amides is 3. The number of methoxy groups -OCH3 is 1. The van der Waals surface area contributed by atoms with E-state index in [0.717, 1.165) is 69.8 Å². The summed E-state index contributed by atoms with van der Waals surface area (Å²) in [6.07, 6.45) is 16.5. The molecule has 14 atom stereocenters. The fourth-order valence-electron chi connectivity index (χ4n) is 14.0. The molecule has 3 saturated carbocycles. The van der Waals surface area contributed by atoms with Crippen LogP contribution in [0.5, 0.6) is 0 Å². The zero-order valence-electron chi connectivity index (χ0n) is 68.5. The van der Waals surface area contributed by atoms with Gasteiger partial charge < -0.3 is 100 Å². The first-order valence-corrected chi connectivity index (χ1v) is 38.9. The Bertz CT molecular complexity index is 3670. The van der Waals surface area contributed by atoms with E-state index in [-0.39, 0.29) is 106 Å². The zero-order valence-corrected chi connectivity index (χ0v) is 68.5. The minimum Gasteiger partial charge on any atom is -0.870 e. The van der Waals surface area contributed by atoms with Gasteiger partial charge in [-0.05, 0) is 151 Å². The molecule has 6 unspecified atom stereocenters. The molecule has 9 rings (SSSR count). The summed E-state index contributed by atoms with van der Waals surface area (Å²) in [5.41, 5.74) is 20.3. The van der Waals surface area contributed by atoms with E-state index in [2.05, 4.69) is 69.4 Å². The second kappa shape index (κ2) is 50.5. The van der Waals surface area contributed by atoms with Crippen molar-refractivity contribution in [2.24, 2.45) is 40.7 Å². The molecule has 4 fully saturated rings. The number of esters is 1. The largest absolute Gasteiger partial charge is 1.00 e. The predicted octanol–water partition coefficient (Wildman–Crippen LogP) is 0.385. The van der Waals surface area contributed by atoms with Crippen LogP contribution in [0.15, 0.2) is 55.1 Å². The van der Waals surface area contributed by atoms with Gasteiger partial charge in [-0.25, -0.2) is 23.5 Å². The molecule has 1 aliphatic heterocycles. The van der Waals surface area contributed by atoms with Crippen LogP contribution in [0, 0.1) is 17.8 Å². The summed E-state index contributed by atoms with van der Waals surface area (Å²) in [7, 11) is 1.41. The van der Waals surface area contributed by atoms with E-state index >= 15 is 0 Å². The monoisotopic (exact) mass is 1650 g/mol. The number of nitrogens with one attached hydrogen (secondary N) is 4. The number of hydrogen-bond donors (Lipinski definition) is 16. The fourth-order valence-corrected chi connectivity index (χ4v) is 14.0. The van der Waals surface area contributed by atoms with E-state index in [9.17, 15) is 74.1 Å². The Labute approximate surface area is 697 Å². The number of amides is 6. The maximum atomic E-state index is 12.7. The minimum absolute atomic E-state index is 0. The number of carbonyl (C=O) groups is 8. The number of aromatic nitrogens is 12. The summed E-state index contributed by atoms with van der Waals surface area (Å²) >= 11 is 0. The summed E-state index contributed by atoms with van der Waals surface area (Å²) in [5, 5.41) is 122. The van der Waals surface area contributed by atoms with Gasteiger partial charge in [0.1, 0.15) is 35.1 Å². The van der Waals surface area contributed by atoms with Gasteiger partial charge in [-0.3, -0.25) is 33.6 Å². The molecule has 1 aromatic carbocycles. The number of nitrogens with zero attached hydrogens (tertiary/aromatic N) is 12. The van der Waals surface area contributed by atoms with Gasteiger partial charge in [0.25, 0.3) is 0 Å². The molecule has 4 aromatic heterocycles. The van der Waals surface area contributed by atoms with Gasteiger partial charge in [-0.15, -0.1) is 20.4 Å². The minimum atomic E-state index is -1.42. The summed E-state index contributed by atoms with van der Waals surface area (Å²) < 4.78 is 16.6. The first-order chi connectivity index (χ1) is 53.1. The average Bonchev–Trinajstić information content (AvgIpc) is 1.68. The van der Waals surface area contributed by atoms with Crippen molar-refractivity contribution >= 4 is 47.6 Å². The average molecular weight is 1650 g/mol. The molecule has 0 bridgehead atoms. The molecule has 5 heterocycles. The van der Waals surface area contributed by atoms with E-state index in [1.54, 1.807) is 86.5 Å². The number of carbonyl (C=O) groups excluding carboxylic acids is 7. The second-order valence-electron chi connectivity index (χ2n) is 31.6. The molecule has 656 valence electrons. The summed E-state index contributed by atoms with van der Waals surface area (Å²) in [5.74, 6) is -4.53. The molecule has 21 N–H and O–H groups in total. The SMILES string of the molecule is C.C.CC(C)(O)c1cnnn1[C@@H]1CC[C@H](C(=O)O)C1.CCCCCC(NC(=O)[C@@H]1C[C@H](n2nncc2C(C)(C)O)CN1)C(O)C(N)=O.CCCCCC(NC(=O)[C@H]1CC[C@@H](n2nncc2C(C)(C)O)C1)C(O)C(N)=O.COC(=O)[C@H]1CC[C@@H](n2nncc2C(C)(C)O)C1.NC(=O)C(O)C(N)CCCCNC(=O)OCc1ccccc1.[Li+].[OH-]. The van der Waals surface area contributed by atoms with Crippen LogP contribution in [0.2, 0.25) is 0 Å². The third-order valence-electron chi connectivity index (χ3n) is 20.5. The molecular weight excluding hydrogens is 1520 g/mol. The summed E-state index contributed by atoms with van der Waals surface area (Å²) in [4.78, 5) is 92.8. The molecule has 1 saturated heterocycles. The maximum Gasteiger partial charge on any atom is 1.00 e. The van der Waals surface area contributed by atoms with Crippen LogP contribution in [0.4, 0.5) is 4.79 Å². The van der Waals surface area contributed by atoms with Gasteiger partial charge in [0.15, 0.2) is 12.2 Å². The number of ether oxygens (including phenoxy) is 2. The first kappa shape index (κ1) is 107. The number of carboxylic acid groups (broad SMARTS) is 1. The number of carboxylic acids is 1. The Morgan fingerprint density at radius 2 is 0.906 bits per heavy atom. The number of hydrogen-bond acceptors (Lipinski definition) is 28. The van der Waals surface area contributed by atoms with Crippen LogP contribution >= 0.6 is 0 Å². The molecular formula is C77H133LiN20O19. The Morgan fingerprint density at radius 3 is 1.29 bits per heavy atom. The first-order valence-electron chi connectivity index (χ1n) is 38.9. The molecule has 5 aromatic rings. The number of aliphatic hydroxyl groups is 7. The van der Waals surface area contributed by atoms with Crippen LogP contribution in [0.3, 0.4) is 0 Å². The Balaban J connectivity index is 0.000000734. The van der Waals surface area contributed by atoms with Crippen LogP contribution in [-0.4, -0.2) is 217 Å². The van der Waals surface area contributed by atoms with Gasteiger partial charge in [-0.2, -0.15) is 0 Å².